The van der Waals surface area contributed by atoms with E-state index in [9.17, 15) is 0 Å². The molecule has 1 aliphatic rings. The summed E-state index contributed by atoms with van der Waals surface area (Å²) in [5.41, 5.74) is 10.1. The predicted molar refractivity (Wildman–Crippen MR) is 123 cm³/mol. The molecule has 5 rings (SSSR count). The van der Waals surface area contributed by atoms with Crippen LogP contribution in [0.15, 0.2) is 42.7 Å². The molecular weight excluding hydrogens is 394 g/mol. The fourth-order valence-electron chi connectivity index (χ4n) is 3.14. The van der Waals surface area contributed by atoms with Crippen molar-refractivity contribution in [3.8, 4) is 11.3 Å². The van der Waals surface area contributed by atoms with Crippen molar-refractivity contribution in [2.45, 2.75) is 26.2 Å². The van der Waals surface area contributed by atoms with Crippen LogP contribution in [0.3, 0.4) is 0 Å². The lowest BCUT2D eigenvalue weighted by Gasteiger charge is -2.18. The Kier molecular flexibility index (Phi) is 7.69. The number of nitrogens with zero attached hydrogens (tertiary/aromatic N) is 5. The molecule has 0 radical (unpaired) electrons. The van der Waals surface area contributed by atoms with Gasteiger partial charge in [0.25, 0.3) is 0 Å². The van der Waals surface area contributed by atoms with Gasteiger partial charge in [-0.3, -0.25) is 4.98 Å². The highest BCUT2D eigenvalue weighted by atomic mass is 16.3. The second kappa shape index (κ2) is 10.6. The molecule has 0 unspecified atom stereocenters. The number of hydrogen-bond donors (Lipinski definition) is 4. The van der Waals surface area contributed by atoms with Crippen molar-refractivity contribution < 1.29 is 10.2 Å². The fraction of sp³-hybridized carbons (Fsp3) is 0.364. The average Bonchev–Trinajstić information content (AvgIpc) is 3.21. The molecule has 1 aliphatic carbocycles. The SMILES string of the molecule is CC1CCC1.CNc1nc(N)nn2ccc(-c3ccc4ncccc4n3)c12.OCCO. The van der Waals surface area contributed by atoms with Crippen LogP contribution in [-0.4, -0.2) is 55.0 Å². The highest BCUT2D eigenvalue weighted by molar-refractivity contribution is 5.89. The van der Waals surface area contributed by atoms with Gasteiger partial charge in [0.15, 0.2) is 5.82 Å². The Bertz CT molecular complexity index is 1120. The first-order valence-corrected chi connectivity index (χ1v) is 10.3. The number of aliphatic hydroxyl groups is 2. The third-order valence-corrected chi connectivity index (χ3v) is 4.99. The van der Waals surface area contributed by atoms with E-state index in [0.717, 1.165) is 33.7 Å². The number of nitrogens with two attached hydrogens (primary N) is 1. The minimum absolute atomic E-state index is 0.125. The molecule has 0 bridgehead atoms. The standard InChI is InChI=1S/C15H13N7.C5H10.C2H6O2/c1-17-14-13-9(6-8-22(13)21-15(16)20-14)10-4-5-11-12(19-10)3-2-7-18-11;1-5-3-2-4-5;3-1-2-4/h2-8H,1H3,(H3,16,17,20,21);5H,2-4H2,1H3;3-4H,1-2H2. The van der Waals surface area contributed by atoms with Gasteiger partial charge in [-0.1, -0.05) is 26.2 Å². The first kappa shape index (κ1) is 22.4. The maximum Gasteiger partial charge on any atom is 0.240 e. The van der Waals surface area contributed by atoms with E-state index < -0.39 is 0 Å². The molecule has 0 atom stereocenters. The van der Waals surface area contributed by atoms with Crippen LogP contribution in [0.4, 0.5) is 11.8 Å². The van der Waals surface area contributed by atoms with E-state index in [1.54, 1.807) is 17.8 Å². The van der Waals surface area contributed by atoms with Crippen molar-refractivity contribution in [1.29, 1.82) is 0 Å². The zero-order valence-corrected chi connectivity index (χ0v) is 17.9. The third kappa shape index (κ3) is 5.44. The lowest BCUT2D eigenvalue weighted by atomic mass is 9.88. The second-order valence-corrected chi connectivity index (χ2v) is 7.31. The molecule has 4 heterocycles. The summed E-state index contributed by atoms with van der Waals surface area (Å²) in [6, 6.07) is 9.67. The summed E-state index contributed by atoms with van der Waals surface area (Å²) in [5.74, 6) is 1.95. The number of pyridine rings is 2. The van der Waals surface area contributed by atoms with Crippen LogP contribution < -0.4 is 11.1 Å². The monoisotopic (exact) mass is 423 g/mol. The molecule has 4 aromatic heterocycles. The van der Waals surface area contributed by atoms with Crippen molar-refractivity contribution in [2.75, 3.05) is 31.3 Å². The minimum atomic E-state index is -0.125. The van der Waals surface area contributed by atoms with Gasteiger partial charge in [0, 0.05) is 25.0 Å². The number of fused-ring (bicyclic) bond motifs is 2. The molecule has 31 heavy (non-hydrogen) atoms. The van der Waals surface area contributed by atoms with Crippen LogP contribution in [0.25, 0.3) is 27.8 Å². The first-order valence-electron chi connectivity index (χ1n) is 10.3. The van der Waals surface area contributed by atoms with Gasteiger partial charge in [0.05, 0.1) is 29.9 Å². The van der Waals surface area contributed by atoms with Crippen molar-refractivity contribution in [2.24, 2.45) is 5.92 Å². The number of hydrogen-bond acceptors (Lipinski definition) is 8. The third-order valence-electron chi connectivity index (χ3n) is 4.99. The molecule has 9 nitrogen and oxygen atoms in total. The molecule has 0 amide bonds. The predicted octanol–water partition coefficient (Wildman–Crippen LogP) is 2.74. The maximum atomic E-state index is 7.62. The van der Waals surface area contributed by atoms with Crippen molar-refractivity contribution in [1.82, 2.24) is 24.6 Å². The van der Waals surface area contributed by atoms with E-state index in [1.807, 2.05) is 36.5 Å². The van der Waals surface area contributed by atoms with Gasteiger partial charge in [-0.25, -0.2) is 9.50 Å². The molecule has 5 N–H and O–H groups in total. The number of nitrogen functional groups attached to an aromatic ring is 1. The molecule has 1 fully saturated rings. The van der Waals surface area contributed by atoms with Crippen LogP contribution in [0.1, 0.15) is 26.2 Å². The molecular formula is C22H29N7O2. The average molecular weight is 424 g/mol. The zero-order chi connectivity index (χ0) is 22.2. The lowest BCUT2D eigenvalue weighted by Crippen LogP contribution is -2.05. The molecule has 0 aromatic carbocycles. The zero-order valence-electron chi connectivity index (χ0n) is 17.9. The number of nitrogens with one attached hydrogen (secondary N) is 1. The lowest BCUT2D eigenvalue weighted by molar-refractivity contribution is 0.186. The maximum absolute atomic E-state index is 7.62. The number of aliphatic hydroxyl groups excluding tert-OH is 2. The molecule has 1 saturated carbocycles. The van der Waals surface area contributed by atoms with Crippen molar-refractivity contribution in [3.63, 3.8) is 0 Å². The van der Waals surface area contributed by atoms with Gasteiger partial charge in [-0.2, -0.15) is 4.98 Å². The second-order valence-electron chi connectivity index (χ2n) is 7.31. The van der Waals surface area contributed by atoms with Crippen LogP contribution in [0, 0.1) is 5.92 Å². The molecule has 4 aromatic rings. The van der Waals surface area contributed by atoms with E-state index in [-0.39, 0.29) is 19.2 Å². The molecule has 0 saturated heterocycles. The molecule has 0 aliphatic heterocycles. The summed E-state index contributed by atoms with van der Waals surface area (Å²) in [6.45, 7) is 2.06. The van der Waals surface area contributed by atoms with Gasteiger partial charge in [0.1, 0.15) is 5.52 Å². The van der Waals surface area contributed by atoms with Crippen molar-refractivity contribution >= 4 is 28.3 Å². The summed E-state index contributed by atoms with van der Waals surface area (Å²) >= 11 is 0. The summed E-state index contributed by atoms with van der Waals surface area (Å²) in [5, 5.41) is 22.5. The van der Waals surface area contributed by atoms with Gasteiger partial charge in [0.2, 0.25) is 5.95 Å². The molecule has 164 valence electrons. The Hall–Kier alpha value is -3.30. The van der Waals surface area contributed by atoms with Gasteiger partial charge >= 0.3 is 0 Å². The smallest absolute Gasteiger partial charge is 0.240 e. The fourth-order valence-corrected chi connectivity index (χ4v) is 3.14. The quantitative estimate of drug-likeness (QED) is 0.395. The van der Waals surface area contributed by atoms with Crippen molar-refractivity contribution in [3.05, 3.63) is 42.7 Å². The number of aromatic nitrogens is 5. The number of rotatable bonds is 3. The van der Waals surface area contributed by atoms with E-state index in [4.69, 9.17) is 15.9 Å². The summed E-state index contributed by atoms with van der Waals surface area (Å²) < 4.78 is 1.71. The van der Waals surface area contributed by atoms with E-state index in [2.05, 4.69) is 32.3 Å². The molecule has 0 spiro atoms. The van der Waals surface area contributed by atoms with Crippen LogP contribution in [0.5, 0.6) is 0 Å². The highest BCUT2D eigenvalue weighted by Crippen LogP contribution is 2.29. The summed E-state index contributed by atoms with van der Waals surface area (Å²) in [7, 11) is 1.80. The van der Waals surface area contributed by atoms with Crippen LogP contribution in [-0.2, 0) is 0 Å². The topological polar surface area (TPSA) is 134 Å². The van der Waals surface area contributed by atoms with Crippen LogP contribution >= 0.6 is 0 Å². The normalized spacial score (nSPS) is 13.0. The van der Waals surface area contributed by atoms with E-state index >= 15 is 0 Å². The Labute approximate surface area is 181 Å². The highest BCUT2D eigenvalue weighted by Gasteiger charge is 2.14. The Morgan fingerprint density at radius 3 is 2.45 bits per heavy atom. The Morgan fingerprint density at radius 2 is 1.84 bits per heavy atom. The largest absolute Gasteiger partial charge is 0.394 e. The van der Waals surface area contributed by atoms with E-state index in [0.29, 0.717) is 5.82 Å². The first-order chi connectivity index (χ1) is 15.1. The van der Waals surface area contributed by atoms with Gasteiger partial charge in [-0.05, 0) is 36.2 Å². The van der Waals surface area contributed by atoms with Crippen LogP contribution in [0.2, 0.25) is 0 Å². The molecule has 9 heteroatoms. The van der Waals surface area contributed by atoms with Gasteiger partial charge < -0.3 is 21.3 Å². The van der Waals surface area contributed by atoms with Gasteiger partial charge in [-0.15, -0.1) is 5.10 Å². The minimum Gasteiger partial charge on any atom is -0.394 e. The summed E-state index contributed by atoms with van der Waals surface area (Å²) in [6.07, 6.45) is 8.06. The Morgan fingerprint density at radius 1 is 1.10 bits per heavy atom. The number of anilines is 2. The van der Waals surface area contributed by atoms with E-state index in [1.165, 1.54) is 19.3 Å². The Balaban J connectivity index is 0.000000254. The summed E-state index contributed by atoms with van der Waals surface area (Å²) in [4.78, 5) is 13.2.